The molecule has 1 atom stereocenters. The van der Waals surface area contributed by atoms with Crippen LogP contribution in [0, 0.1) is 6.92 Å². The molecule has 0 saturated heterocycles. The molecule has 0 saturated carbocycles. The van der Waals surface area contributed by atoms with E-state index < -0.39 is 6.04 Å². The largest absolute Gasteiger partial charge is 0.484 e. The fourth-order valence-electron chi connectivity index (χ4n) is 3.24. The molecule has 0 bridgehead atoms. The van der Waals surface area contributed by atoms with Crippen molar-refractivity contribution in [2.24, 2.45) is 0 Å². The Hall–Kier alpha value is -2.82. The fraction of sp³-hybridized carbons (Fsp3) is 0.462. The van der Waals surface area contributed by atoms with Crippen LogP contribution in [0.4, 0.5) is 0 Å². The average Bonchev–Trinajstić information content (AvgIpc) is 2.68. The highest BCUT2D eigenvalue weighted by Gasteiger charge is 2.28. The van der Waals surface area contributed by atoms with Gasteiger partial charge in [0.25, 0.3) is 5.91 Å². The molecule has 2 amide bonds. The van der Waals surface area contributed by atoms with Gasteiger partial charge < -0.3 is 15.0 Å². The van der Waals surface area contributed by atoms with E-state index in [2.05, 4.69) is 19.2 Å². The molecule has 2 aromatic rings. The molecule has 1 N–H and O–H groups in total. The zero-order valence-electron chi connectivity index (χ0n) is 19.9. The monoisotopic (exact) mass is 424 g/mol. The third-order valence-corrected chi connectivity index (χ3v) is 5.01. The van der Waals surface area contributed by atoms with Gasteiger partial charge in [-0.15, -0.1) is 0 Å². The number of hydrogen-bond acceptors (Lipinski definition) is 3. The summed E-state index contributed by atoms with van der Waals surface area (Å²) >= 11 is 0. The van der Waals surface area contributed by atoms with Crippen LogP contribution in [0.2, 0.25) is 0 Å². The van der Waals surface area contributed by atoms with E-state index in [1.54, 1.807) is 11.8 Å². The molecule has 0 aliphatic rings. The molecule has 2 rings (SSSR count). The van der Waals surface area contributed by atoms with Crippen molar-refractivity contribution >= 4 is 11.8 Å². The summed E-state index contributed by atoms with van der Waals surface area (Å²) in [6, 6.07) is 15.1. The van der Waals surface area contributed by atoms with Crippen LogP contribution in [0.3, 0.4) is 0 Å². The van der Waals surface area contributed by atoms with Gasteiger partial charge in [0.1, 0.15) is 11.8 Å². The molecule has 0 aliphatic heterocycles. The average molecular weight is 425 g/mol. The van der Waals surface area contributed by atoms with E-state index >= 15 is 0 Å². The van der Waals surface area contributed by atoms with Crippen LogP contribution in [0.25, 0.3) is 0 Å². The Kier molecular flexibility index (Phi) is 8.26. The van der Waals surface area contributed by atoms with Crippen molar-refractivity contribution in [3.8, 4) is 5.75 Å². The zero-order valence-corrected chi connectivity index (χ0v) is 19.9. The van der Waals surface area contributed by atoms with Crippen LogP contribution in [0.15, 0.2) is 48.5 Å². The summed E-state index contributed by atoms with van der Waals surface area (Å²) in [4.78, 5) is 27.5. The summed E-state index contributed by atoms with van der Waals surface area (Å²) < 4.78 is 5.75. The summed E-state index contributed by atoms with van der Waals surface area (Å²) in [7, 11) is 0. The SMILES string of the molecule is Cc1cccc(CN(C(=O)COc2ccc(C(C)C)cc2)[C@H](C)C(=O)NC(C)(C)C)c1. The van der Waals surface area contributed by atoms with Gasteiger partial charge in [-0.1, -0.05) is 55.8 Å². The number of nitrogens with one attached hydrogen (secondary N) is 1. The van der Waals surface area contributed by atoms with Crippen LogP contribution in [-0.2, 0) is 16.1 Å². The first kappa shape index (κ1) is 24.4. The number of rotatable bonds is 8. The van der Waals surface area contributed by atoms with Crippen molar-refractivity contribution in [3.05, 3.63) is 65.2 Å². The van der Waals surface area contributed by atoms with E-state index in [1.165, 1.54) is 5.56 Å². The van der Waals surface area contributed by atoms with Gasteiger partial charge in [0, 0.05) is 12.1 Å². The van der Waals surface area contributed by atoms with E-state index in [-0.39, 0.29) is 24.0 Å². The molecular weight excluding hydrogens is 388 g/mol. The Balaban J connectivity index is 2.15. The molecule has 5 nitrogen and oxygen atoms in total. The maximum absolute atomic E-state index is 13.1. The predicted octanol–water partition coefficient (Wildman–Crippen LogP) is 4.83. The summed E-state index contributed by atoms with van der Waals surface area (Å²) in [5.74, 6) is 0.656. The van der Waals surface area contributed by atoms with Crippen molar-refractivity contribution in [2.75, 3.05) is 6.61 Å². The van der Waals surface area contributed by atoms with Crippen LogP contribution in [-0.4, -0.2) is 34.9 Å². The van der Waals surface area contributed by atoms with Crippen LogP contribution >= 0.6 is 0 Å². The Bertz CT molecular complexity index is 882. The lowest BCUT2D eigenvalue weighted by molar-refractivity contribution is -0.142. The van der Waals surface area contributed by atoms with Gasteiger partial charge in [-0.05, 0) is 63.8 Å². The van der Waals surface area contributed by atoms with Crippen molar-refractivity contribution in [3.63, 3.8) is 0 Å². The lowest BCUT2D eigenvalue weighted by Crippen LogP contribution is -2.53. The third kappa shape index (κ3) is 7.74. The van der Waals surface area contributed by atoms with E-state index in [4.69, 9.17) is 4.74 Å². The molecular formula is C26H36N2O3. The van der Waals surface area contributed by atoms with Gasteiger partial charge in [-0.2, -0.15) is 0 Å². The quantitative estimate of drug-likeness (QED) is 0.660. The highest BCUT2D eigenvalue weighted by atomic mass is 16.5. The Morgan fingerprint density at radius 3 is 2.23 bits per heavy atom. The Labute approximate surface area is 186 Å². The topological polar surface area (TPSA) is 58.6 Å². The lowest BCUT2D eigenvalue weighted by atomic mass is 10.0. The third-order valence-electron chi connectivity index (χ3n) is 5.01. The van der Waals surface area contributed by atoms with Gasteiger partial charge >= 0.3 is 0 Å². The van der Waals surface area contributed by atoms with Crippen molar-refractivity contribution in [1.82, 2.24) is 10.2 Å². The first-order valence-corrected chi connectivity index (χ1v) is 10.9. The van der Waals surface area contributed by atoms with Crippen LogP contribution < -0.4 is 10.1 Å². The molecule has 0 heterocycles. The maximum Gasteiger partial charge on any atom is 0.261 e. The number of benzene rings is 2. The smallest absolute Gasteiger partial charge is 0.261 e. The second-order valence-electron chi connectivity index (χ2n) is 9.44. The van der Waals surface area contributed by atoms with Gasteiger partial charge in [0.2, 0.25) is 5.91 Å². The van der Waals surface area contributed by atoms with Gasteiger partial charge in [-0.3, -0.25) is 9.59 Å². The number of amides is 2. The minimum Gasteiger partial charge on any atom is -0.484 e. The van der Waals surface area contributed by atoms with E-state index in [1.807, 2.05) is 76.2 Å². The minimum absolute atomic E-state index is 0.125. The molecule has 168 valence electrons. The van der Waals surface area contributed by atoms with E-state index in [9.17, 15) is 9.59 Å². The number of aryl methyl sites for hydroxylation is 1. The second kappa shape index (κ2) is 10.5. The van der Waals surface area contributed by atoms with Crippen LogP contribution in [0.1, 0.15) is 64.2 Å². The molecule has 0 radical (unpaired) electrons. The molecule has 0 aliphatic carbocycles. The van der Waals surface area contributed by atoms with Crippen LogP contribution in [0.5, 0.6) is 5.75 Å². The predicted molar refractivity (Wildman–Crippen MR) is 125 cm³/mol. The van der Waals surface area contributed by atoms with Gasteiger partial charge in [0.05, 0.1) is 0 Å². The van der Waals surface area contributed by atoms with Gasteiger partial charge in [0.15, 0.2) is 6.61 Å². The molecule has 0 unspecified atom stereocenters. The fourth-order valence-corrected chi connectivity index (χ4v) is 3.24. The summed E-state index contributed by atoms with van der Waals surface area (Å²) in [6.07, 6.45) is 0. The summed E-state index contributed by atoms with van der Waals surface area (Å²) in [6.45, 7) is 14.0. The molecule has 5 heteroatoms. The molecule has 0 fully saturated rings. The standard InChI is InChI=1S/C26H36N2O3/c1-18(2)22-11-13-23(14-12-22)31-17-24(29)28(16-21-10-8-9-19(3)15-21)20(4)25(30)27-26(5,6)7/h8-15,18,20H,16-17H2,1-7H3,(H,27,30)/t20-/m1/s1. The first-order valence-electron chi connectivity index (χ1n) is 10.9. The van der Waals surface area contributed by atoms with E-state index in [0.29, 0.717) is 18.2 Å². The second-order valence-corrected chi connectivity index (χ2v) is 9.44. The Morgan fingerprint density at radius 1 is 1.03 bits per heavy atom. The molecule has 31 heavy (non-hydrogen) atoms. The molecule has 2 aromatic carbocycles. The highest BCUT2D eigenvalue weighted by molar-refractivity contribution is 5.88. The first-order chi connectivity index (χ1) is 14.5. The van der Waals surface area contributed by atoms with Crippen molar-refractivity contribution < 1.29 is 14.3 Å². The van der Waals surface area contributed by atoms with Gasteiger partial charge in [-0.25, -0.2) is 0 Å². The molecule has 0 aromatic heterocycles. The molecule has 0 spiro atoms. The summed E-state index contributed by atoms with van der Waals surface area (Å²) in [5, 5.41) is 2.97. The maximum atomic E-state index is 13.1. The number of hydrogen-bond donors (Lipinski definition) is 1. The lowest BCUT2D eigenvalue weighted by Gasteiger charge is -2.31. The summed E-state index contributed by atoms with van der Waals surface area (Å²) in [5.41, 5.74) is 2.92. The number of carbonyl (C=O) groups is 2. The minimum atomic E-state index is -0.626. The number of carbonyl (C=O) groups excluding carboxylic acids is 2. The normalized spacial score (nSPS) is 12.4. The zero-order chi connectivity index (χ0) is 23.2. The highest BCUT2D eigenvalue weighted by Crippen LogP contribution is 2.19. The number of nitrogens with zero attached hydrogens (tertiary/aromatic N) is 1. The Morgan fingerprint density at radius 2 is 1.68 bits per heavy atom. The number of ether oxygens (including phenoxy) is 1. The van der Waals surface area contributed by atoms with Crippen molar-refractivity contribution in [1.29, 1.82) is 0 Å². The van der Waals surface area contributed by atoms with Crippen molar-refractivity contribution in [2.45, 2.75) is 72.5 Å². The van der Waals surface area contributed by atoms with E-state index in [0.717, 1.165) is 11.1 Å².